The van der Waals surface area contributed by atoms with Crippen LogP contribution < -0.4 is 4.90 Å². The van der Waals surface area contributed by atoms with Crippen molar-refractivity contribution in [2.24, 2.45) is 0 Å². The Bertz CT molecular complexity index is 1420. The SMILES string of the molecule is C/C(=C/C(OCc1ncc(F)cc1F)=C(/Cl)C=O)N(C)c1ccnc(-c2ccnc(C(C)(C)C)n2)c1C.O=CO. The highest BCUT2D eigenvalue weighted by Gasteiger charge is 2.20. The Hall–Kier alpha value is -4.25. The third-order valence-corrected chi connectivity index (χ3v) is 5.84. The van der Waals surface area contributed by atoms with Crippen LogP contribution in [0.2, 0.25) is 0 Å². The first-order chi connectivity index (χ1) is 18.8. The van der Waals surface area contributed by atoms with E-state index in [1.807, 2.05) is 51.8 Å². The van der Waals surface area contributed by atoms with E-state index in [0.29, 0.717) is 35.3 Å². The van der Waals surface area contributed by atoms with Gasteiger partial charge in [-0.3, -0.25) is 19.6 Å². The molecule has 0 unspecified atom stereocenters. The third kappa shape index (κ3) is 8.37. The number of ether oxygens (including phenoxy) is 1. The molecular weight excluding hydrogens is 544 g/mol. The van der Waals surface area contributed by atoms with Gasteiger partial charge in [-0.1, -0.05) is 32.4 Å². The maximum absolute atomic E-state index is 14.0. The third-order valence-electron chi connectivity index (χ3n) is 5.56. The summed E-state index contributed by atoms with van der Waals surface area (Å²) in [5.74, 6) is -0.935. The zero-order chi connectivity index (χ0) is 30.0. The molecule has 3 heterocycles. The van der Waals surface area contributed by atoms with Gasteiger partial charge in [0.15, 0.2) is 12.1 Å². The summed E-state index contributed by atoms with van der Waals surface area (Å²) in [7, 11) is 1.84. The monoisotopic (exact) mass is 573 g/mol. The number of allylic oxidation sites excluding steroid dienone is 3. The fourth-order valence-corrected chi connectivity index (χ4v) is 3.52. The van der Waals surface area contributed by atoms with Crippen molar-refractivity contribution < 1.29 is 28.2 Å². The van der Waals surface area contributed by atoms with E-state index in [4.69, 9.17) is 31.2 Å². The van der Waals surface area contributed by atoms with Crippen molar-refractivity contribution in [1.82, 2.24) is 19.9 Å². The van der Waals surface area contributed by atoms with Crippen molar-refractivity contribution in [2.75, 3.05) is 11.9 Å². The van der Waals surface area contributed by atoms with E-state index >= 15 is 0 Å². The molecule has 212 valence electrons. The lowest BCUT2D eigenvalue weighted by molar-refractivity contribution is -0.122. The molecule has 0 atom stereocenters. The van der Waals surface area contributed by atoms with E-state index < -0.39 is 11.6 Å². The van der Waals surface area contributed by atoms with Gasteiger partial charge in [-0.25, -0.2) is 18.7 Å². The largest absolute Gasteiger partial charge is 0.485 e. The molecule has 0 aliphatic carbocycles. The number of rotatable bonds is 8. The molecule has 0 amide bonds. The molecule has 0 saturated heterocycles. The molecular formula is C28H30ClF2N5O4. The molecule has 1 N–H and O–H groups in total. The molecule has 9 nitrogen and oxygen atoms in total. The lowest BCUT2D eigenvalue weighted by atomic mass is 9.95. The highest BCUT2D eigenvalue weighted by Crippen LogP contribution is 2.30. The molecule has 3 aromatic rings. The number of hydrogen-bond donors (Lipinski definition) is 1. The Morgan fingerprint density at radius 3 is 2.40 bits per heavy atom. The van der Waals surface area contributed by atoms with Gasteiger partial charge in [0.1, 0.15) is 34.7 Å². The minimum absolute atomic E-state index is 0.0177. The standard InChI is InChI=1S/C27H28ClF2N5O2.CH2O2/c1-16(11-24(19(28)14-36)37-15-22-20(30)12-18(29)13-33-22)35(6)23-8-10-31-25(17(23)2)21-7-9-32-26(34-21)27(3,4)5;2-1-3/h7-14H,15H2,1-6H3;1H,(H,2,3)/b16-11-,24-19-;. The van der Waals surface area contributed by atoms with Gasteiger partial charge in [0, 0.05) is 53.9 Å². The Morgan fingerprint density at radius 2 is 1.80 bits per heavy atom. The highest BCUT2D eigenvalue weighted by atomic mass is 35.5. The average molecular weight is 574 g/mol. The van der Waals surface area contributed by atoms with Gasteiger partial charge in [-0.05, 0) is 26.0 Å². The number of carboxylic acid groups (broad SMARTS) is 1. The molecule has 0 spiro atoms. The number of anilines is 1. The molecule has 0 saturated carbocycles. The summed E-state index contributed by atoms with van der Waals surface area (Å²) in [4.78, 5) is 39.0. The van der Waals surface area contributed by atoms with Crippen LogP contribution >= 0.6 is 11.6 Å². The van der Waals surface area contributed by atoms with Gasteiger partial charge in [0.2, 0.25) is 0 Å². The maximum atomic E-state index is 14.0. The van der Waals surface area contributed by atoms with E-state index in [1.165, 1.54) is 0 Å². The van der Waals surface area contributed by atoms with Gasteiger partial charge in [0.25, 0.3) is 6.47 Å². The number of aldehydes is 1. The summed E-state index contributed by atoms with van der Waals surface area (Å²) in [5, 5.41) is 6.68. The van der Waals surface area contributed by atoms with Crippen LogP contribution in [0.3, 0.4) is 0 Å². The predicted octanol–water partition coefficient (Wildman–Crippen LogP) is 5.72. The number of nitrogens with zero attached hydrogens (tertiary/aromatic N) is 5. The van der Waals surface area contributed by atoms with E-state index in [2.05, 4.69) is 15.0 Å². The van der Waals surface area contributed by atoms with Crippen LogP contribution in [0.25, 0.3) is 11.4 Å². The van der Waals surface area contributed by atoms with Gasteiger partial charge >= 0.3 is 0 Å². The lowest BCUT2D eigenvalue weighted by Crippen LogP contribution is -2.18. The van der Waals surface area contributed by atoms with Crippen LogP contribution in [0.5, 0.6) is 0 Å². The summed E-state index contributed by atoms with van der Waals surface area (Å²) >= 11 is 6.07. The van der Waals surface area contributed by atoms with Crippen molar-refractivity contribution in [1.29, 1.82) is 0 Å². The van der Waals surface area contributed by atoms with Crippen LogP contribution in [0.1, 0.15) is 44.8 Å². The number of halogens is 3. The Morgan fingerprint density at radius 1 is 1.15 bits per heavy atom. The minimum Gasteiger partial charge on any atom is -0.485 e. The van der Waals surface area contributed by atoms with E-state index in [9.17, 15) is 13.6 Å². The Labute approximate surface area is 236 Å². The summed E-state index contributed by atoms with van der Waals surface area (Å²) < 4.78 is 32.7. The smallest absolute Gasteiger partial charge is 0.290 e. The summed E-state index contributed by atoms with van der Waals surface area (Å²) in [6.45, 7) is 9.28. The number of carbonyl (C=O) groups excluding carboxylic acids is 1. The van der Waals surface area contributed by atoms with Crippen molar-refractivity contribution in [3.05, 3.63) is 88.1 Å². The molecule has 3 rings (SSSR count). The molecule has 0 aliphatic heterocycles. The first kappa shape index (κ1) is 32.0. The normalized spacial score (nSPS) is 12.1. The zero-order valence-electron chi connectivity index (χ0n) is 22.9. The zero-order valence-corrected chi connectivity index (χ0v) is 23.7. The second-order valence-electron chi connectivity index (χ2n) is 9.47. The van der Waals surface area contributed by atoms with Crippen LogP contribution in [-0.2, 0) is 26.3 Å². The number of carbonyl (C=O) groups is 2. The van der Waals surface area contributed by atoms with Gasteiger partial charge < -0.3 is 14.7 Å². The summed E-state index contributed by atoms with van der Waals surface area (Å²) in [5.41, 5.74) is 3.45. The molecule has 40 heavy (non-hydrogen) atoms. The first-order valence-corrected chi connectivity index (χ1v) is 12.3. The number of hydrogen-bond acceptors (Lipinski definition) is 8. The van der Waals surface area contributed by atoms with E-state index in [-0.39, 0.29) is 35.0 Å². The van der Waals surface area contributed by atoms with Crippen molar-refractivity contribution in [2.45, 2.75) is 46.6 Å². The second kappa shape index (κ2) is 14.2. The number of aromatic nitrogens is 4. The number of pyridine rings is 2. The highest BCUT2D eigenvalue weighted by molar-refractivity contribution is 6.39. The topological polar surface area (TPSA) is 118 Å². The summed E-state index contributed by atoms with van der Waals surface area (Å²) in [6.07, 6.45) is 6.27. The molecule has 3 aromatic heterocycles. The van der Waals surface area contributed by atoms with Gasteiger partial charge in [0.05, 0.1) is 17.6 Å². The van der Waals surface area contributed by atoms with Gasteiger partial charge in [-0.15, -0.1) is 0 Å². The molecule has 0 aliphatic rings. The fraction of sp³-hybridized carbons (Fsp3) is 0.286. The van der Waals surface area contributed by atoms with Crippen LogP contribution in [0.15, 0.2) is 59.4 Å². The van der Waals surface area contributed by atoms with Crippen molar-refractivity contribution >= 4 is 30.0 Å². The molecule has 0 radical (unpaired) electrons. The quantitative estimate of drug-likeness (QED) is 0.156. The Kier molecular flexibility index (Phi) is 11.4. The maximum Gasteiger partial charge on any atom is 0.290 e. The van der Waals surface area contributed by atoms with Crippen LogP contribution in [0, 0.1) is 18.6 Å². The Balaban J connectivity index is 0.00000178. The van der Waals surface area contributed by atoms with E-state index in [0.717, 1.165) is 17.4 Å². The average Bonchev–Trinajstić information content (AvgIpc) is 2.91. The molecule has 12 heteroatoms. The van der Waals surface area contributed by atoms with E-state index in [1.54, 1.807) is 25.4 Å². The fourth-order valence-electron chi connectivity index (χ4n) is 3.41. The lowest BCUT2D eigenvalue weighted by Gasteiger charge is -2.24. The summed E-state index contributed by atoms with van der Waals surface area (Å²) in [6, 6.07) is 4.38. The molecule has 0 bridgehead atoms. The van der Waals surface area contributed by atoms with Gasteiger partial charge in [-0.2, -0.15) is 0 Å². The predicted molar refractivity (Wildman–Crippen MR) is 147 cm³/mol. The first-order valence-electron chi connectivity index (χ1n) is 11.9. The van der Waals surface area contributed by atoms with Crippen molar-refractivity contribution in [3.8, 4) is 11.4 Å². The molecule has 0 fully saturated rings. The second-order valence-corrected chi connectivity index (χ2v) is 9.88. The molecule has 0 aromatic carbocycles. The van der Waals surface area contributed by atoms with Crippen LogP contribution in [0.4, 0.5) is 14.5 Å². The van der Waals surface area contributed by atoms with Crippen LogP contribution in [-0.4, -0.2) is 44.8 Å². The minimum atomic E-state index is -0.862. The van der Waals surface area contributed by atoms with Crippen molar-refractivity contribution in [3.63, 3.8) is 0 Å².